The second-order valence-corrected chi connectivity index (χ2v) is 7.07. The van der Waals surface area contributed by atoms with Gasteiger partial charge in [-0.1, -0.05) is 43.3 Å². The standard InChI is InChI=1S/C22H26N4O2/c1-4-16-9-11-17(12-10-16)20(25(2)3)13-23-21(27)14-26-15-24-19-8-6-5-7-18(19)22(26)28/h5-12,15,20H,4,13-14H2,1-3H3,(H,23,27). The summed E-state index contributed by atoms with van der Waals surface area (Å²) in [6.45, 7) is 2.54. The number of para-hydroxylation sites is 1. The number of fused-ring (bicyclic) bond motifs is 1. The number of nitrogens with zero attached hydrogens (tertiary/aromatic N) is 3. The van der Waals surface area contributed by atoms with Gasteiger partial charge in [0.1, 0.15) is 6.54 Å². The first-order chi connectivity index (χ1) is 13.5. The summed E-state index contributed by atoms with van der Waals surface area (Å²) in [5.41, 5.74) is 2.85. The quantitative estimate of drug-likeness (QED) is 0.685. The third kappa shape index (κ3) is 4.46. The van der Waals surface area contributed by atoms with E-state index in [0.29, 0.717) is 17.4 Å². The third-order valence-corrected chi connectivity index (χ3v) is 4.93. The average molecular weight is 378 g/mol. The van der Waals surface area contributed by atoms with Crippen LogP contribution in [0.15, 0.2) is 59.7 Å². The predicted octanol–water partition coefficient (Wildman–Crippen LogP) is 2.38. The Kier molecular flexibility index (Phi) is 6.21. The van der Waals surface area contributed by atoms with E-state index >= 15 is 0 Å². The lowest BCUT2D eigenvalue weighted by Gasteiger charge is -2.25. The molecule has 0 bridgehead atoms. The number of carbonyl (C=O) groups excluding carboxylic acids is 1. The lowest BCUT2D eigenvalue weighted by Crippen LogP contribution is -2.37. The molecule has 0 saturated heterocycles. The molecule has 1 atom stereocenters. The normalized spacial score (nSPS) is 12.3. The third-order valence-electron chi connectivity index (χ3n) is 4.93. The van der Waals surface area contributed by atoms with Gasteiger partial charge in [0.2, 0.25) is 5.91 Å². The highest BCUT2D eigenvalue weighted by Gasteiger charge is 2.16. The smallest absolute Gasteiger partial charge is 0.261 e. The van der Waals surface area contributed by atoms with E-state index in [4.69, 9.17) is 0 Å². The Balaban J connectivity index is 1.68. The number of rotatable bonds is 7. The number of aryl methyl sites for hydroxylation is 1. The summed E-state index contributed by atoms with van der Waals surface area (Å²) in [6, 6.07) is 15.6. The Morgan fingerprint density at radius 2 is 1.86 bits per heavy atom. The molecule has 28 heavy (non-hydrogen) atoms. The van der Waals surface area contributed by atoms with Gasteiger partial charge in [0, 0.05) is 6.54 Å². The molecule has 0 fully saturated rings. The number of aromatic nitrogens is 2. The van der Waals surface area contributed by atoms with Crippen LogP contribution in [0.1, 0.15) is 24.1 Å². The minimum atomic E-state index is -0.212. The van der Waals surface area contributed by atoms with E-state index in [0.717, 1.165) is 12.0 Å². The fourth-order valence-corrected chi connectivity index (χ4v) is 3.21. The van der Waals surface area contributed by atoms with Crippen LogP contribution < -0.4 is 10.9 Å². The molecule has 0 radical (unpaired) electrons. The number of carbonyl (C=O) groups is 1. The number of amides is 1. The van der Waals surface area contributed by atoms with Gasteiger partial charge in [-0.2, -0.15) is 0 Å². The van der Waals surface area contributed by atoms with Crippen molar-refractivity contribution in [3.8, 4) is 0 Å². The van der Waals surface area contributed by atoms with E-state index < -0.39 is 0 Å². The molecule has 146 valence electrons. The molecule has 6 nitrogen and oxygen atoms in total. The maximum atomic E-state index is 12.5. The highest BCUT2D eigenvalue weighted by atomic mass is 16.2. The molecule has 3 aromatic rings. The second kappa shape index (κ2) is 8.80. The number of likely N-dealkylation sites (N-methyl/N-ethyl adjacent to an activating group) is 1. The molecule has 2 aromatic carbocycles. The first-order valence-electron chi connectivity index (χ1n) is 9.45. The first kappa shape index (κ1) is 19.8. The zero-order valence-electron chi connectivity index (χ0n) is 16.6. The Morgan fingerprint density at radius 3 is 2.54 bits per heavy atom. The predicted molar refractivity (Wildman–Crippen MR) is 111 cm³/mol. The highest BCUT2D eigenvalue weighted by molar-refractivity contribution is 5.78. The number of nitrogens with one attached hydrogen (secondary N) is 1. The number of benzene rings is 2. The van der Waals surface area contributed by atoms with Crippen molar-refractivity contribution in [1.29, 1.82) is 0 Å². The van der Waals surface area contributed by atoms with Crippen molar-refractivity contribution < 1.29 is 4.79 Å². The Bertz CT molecular complexity index is 1010. The van der Waals surface area contributed by atoms with Gasteiger partial charge in [-0.25, -0.2) is 4.98 Å². The summed E-state index contributed by atoms with van der Waals surface area (Å²) in [7, 11) is 3.98. The van der Waals surface area contributed by atoms with Crippen molar-refractivity contribution in [3.63, 3.8) is 0 Å². The summed E-state index contributed by atoms with van der Waals surface area (Å²) in [5, 5.41) is 3.46. The van der Waals surface area contributed by atoms with Crippen molar-refractivity contribution >= 4 is 16.8 Å². The van der Waals surface area contributed by atoms with Gasteiger partial charge in [-0.15, -0.1) is 0 Å². The zero-order valence-corrected chi connectivity index (χ0v) is 16.6. The van der Waals surface area contributed by atoms with Crippen LogP contribution in [0.5, 0.6) is 0 Å². The van der Waals surface area contributed by atoms with Crippen molar-refractivity contribution in [2.45, 2.75) is 25.9 Å². The molecule has 3 rings (SSSR count). The fourth-order valence-electron chi connectivity index (χ4n) is 3.21. The minimum absolute atomic E-state index is 0.0500. The van der Waals surface area contributed by atoms with Crippen LogP contribution in [0.4, 0.5) is 0 Å². The monoisotopic (exact) mass is 378 g/mol. The van der Waals surface area contributed by atoms with E-state index in [9.17, 15) is 9.59 Å². The van der Waals surface area contributed by atoms with Gasteiger partial charge in [-0.3, -0.25) is 14.2 Å². The highest BCUT2D eigenvalue weighted by Crippen LogP contribution is 2.18. The van der Waals surface area contributed by atoms with Crippen LogP contribution >= 0.6 is 0 Å². The Hall–Kier alpha value is -2.99. The lowest BCUT2D eigenvalue weighted by molar-refractivity contribution is -0.121. The largest absolute Gasteiger partial charge is 0.353 e. The summed E-state index contributed by atoms with van der Waals surface area (Å²) in [6.07, 6.45) is 2.43. The van der Waals surface area contributed by atoms with Gasteiger partial charge in [0.25, 0.3) is 5.56 Å². The summed E-state index contributed by atoms with van der Waals surface area (Å²) < 4.78 is 1.35. The molecule has 1 N–H and O–H groups in total. The molecule has 0 aliphatic carbocycles. The molecule has 1 unspecified atom stereocenters. The van der Waals surface area contributed by atoms with Gasteiger partial charge in [-0.05, 0) is 43.8 Å². The number of hydrogen-bond acceptors (Lipinski definition) is 4. The molecule has 1 heterocycles. The average Bonchev–Trinajstić information content (AvgIpc) is 2.70. The first-order valence-corrected chi connectivity index (χ1v) is 9.45. The molecule has 6 heteroatoms. The van der Waals surface area contributed by atoms with Gasteiger partial charge in [0.05, 0.1) is 23.3 Å². The summed E-state index contributed by atoms with van der Waals surface area (Å²) >= 11 is 0. The van der Waals surface area contributed by atoms with E-state index in [2.05, 4.69) is 46.4 Å². The molecular weight excluding hydrogens is 352 g/mol. The van der Waals surface area contributed by atoms with E-state index in [1.807, 2.05) is 20.2 Å². The van der Waals surface area contributed by atoms with E-state index in [1.165, 1.54) is 16.5 Å². The molecular formula is C22H26N4O2. The zero-order chi connectivity index (χ0) is 20.1. The van der Waals surface area contributed by atoms with Crippen LogP contribution in [0.25, 0.3) is 10.9 Å². The second-order valence-electron chi connectivity index (χ2n) is 7.07. The lowest BCUT2D eigenvalue weighted by atomic mass is 10.0. The van der Waals surface area contributed by atoms with Crippen LogP contribution in [0, 0.1) is 0 Å². The van der Waals surface area contributed by atoms with Crippen LogP contribution in [0.3, 0.4) is 0 Å². The van der Waals surface area contributed by atoms with Gasteiger partial charge >= 0.3 is 0 Å². The molecule has 0 spiro atoms. The van der Waals surface area contributed by atoms with Crippen LogP contribution in [-0.2, 0) is 17.8 Å². The fraction of sp³-hybridized carbons (Fsp3) is 0.318. The molecule has 0 saturated carbocycles. The van der Waals surface area contributed by atoms with Gasteiger partial charge < -0.3 is 10.2 Å². The van der Waals surface area contributed by atoms with E-state index in [1.54, 1.807) is 18.2 Å². The maximum Gasteiger partial charge on any atom is 0.261 e. The molecule has 0 aliphatic rings. The maximum absolute atomic E-state index is 12.5. The summed E-state index contributed by atoms with van der Waals surface area (Å²) in [5.74, 6) is -0.212. The molecule has 1 aromatic heterocycles. The topological polar surface area (TPSA) is 67.2 Å². The minimum Gasteiger partial charge on any atom is -0.353 e. The molecule has 0 aliphatic heterocycles. The SMILES string of the molecule is CCc1ccc(C(CNC(=O)Cn2cnc3ccccc3c2=O)N(C)C)cc1. The van der Waals surface area contributed by atoms with Crippen LogP contribution in [-0.4, -0.2) is 41.0 Å². The number of hydrogen-bond donors (Lipinski definition) is 1. The van der Waals surface area contributed by atoms with Gasteiger partial charge in [0.15, 0.2) is 0 Å². The Labute approximate surface area is 164 Å². The Morgan fingerprint density at radius 1 is 1.14 bits per heavy atom. The van der Waals surface area contributed by atoms with Crippen molar-refractivity contribution in [1.82, 2.24) is 19.8 Å². The summed E-state index contributed by atoms with van der Waals surface area (Å²) in [4.78, 5) is 31.3. The van der Waals surface area contributed by atoms with Crippen molar-refractivity contribution in [2.24, 2.45) is 0 Å². The molecule has 1 amide bonds. The van der Waals surface area contributed by atoms with Crippen molar-refractivity contribution in [2.75, 3.05) is 20.6 Å². The van der Waals surface area contributed by atoms with Crippen LogP contribution in [0.2, 0.25) is 0 Å². The van der Waals surface area contributed by atoms with Crippen molar-refractivity contribution in [3.05, 3.63) is 76.3 Å². The van der Waals surface area contributed by atoms with E-state index in [-0.39, 0.29) is 24.1 Å².